The molecule has 1 aliphatic rings. The average molecular weight is 539 g/mol. The topological polar surface area (TPSA) is 121 Å². The zero-order chi connectivity index (χ0) is 28.1. The summed E-state index contributed by atoms with van der Waals surface area (Å²) in [6.07, 6.45) is 3.31. The van der Waals surface area contributed by atoms with Crippen molar-refractivity contribution < 1.29 is 29.1 Å². The second kappa shape index (κ2) is 15.1. The normalized spacial score (nSPS) is 14.5. The van der Waals surface area contributed by atoms with Gasteiger partial charge in [0.25, 0.3) is 11.8 Å². The van der Waals surface area contributed by atoms with Crippen molar-refractivity contribution in [1.82, 2.24) is 15.1 Å². The Balaban J connectivity index is 1.54. The number of hydrogen-bond acceptors (Lipinski definition) is 8. The summed E-state index contributed by atoms with van der Waals surface area (Å²) in [5, 5.41) is 16.1. The van der Waals surface area contributed by atoms with Crippen molar-refractivity contribution in [2.24, 2.45) is 5.16 Å². The number of oxime groups is 1. The molecule has 0 fully saturated rings. The molecule has 0 radical (unpaired) electrons. The molecule has 2 N–H and O–H groups in total. The lowest BCUT2D eigenvalue weighted by molar-refractivity contribution is -0.140. The van der Waals surface area contributed by atoms with Crippen LogP contribution in [-0.2, 0) is 21.0 Å². The van der Waals surface area contributed by atoms with E-state index >= 15 is 0 Å². The van der Waals surface area contributed by atoms with E-state index in [0.717, 1.165) is 16.9 Å². The number of ether oxygens (including phenoxy) is 1. The first-order valence-electron chi connectivity index (χ1n) is 13.2. The molecule has 10 nitrogen and oxygen atoms in total. The largest absolute Gasteiger partial charge is 0.394 e. The Morgan fingerprint density at radius 1 is 1.05 bits per heavy atom. The van der Waals surface area contributed by atoms with Crippen molar-refractivity contribution >= 4 is 23.9 Å². The number of carbonyl (C=O) groups excluding carboxylic acids is 3. The monoisotopic (exact) mass is 538 g/mol. The number of carbonyl (C=O) groups is 3. The molecule has 1 atom stereocenters. The fourth-order valence-corrected chi connectivity index (χ4v) is 4.49. The van der Waals surface area contributed by atoms with E-state index in [4.69, 9.17) is 14.7 Å². The van der Waals surface area contributed by atoms with E-state index in [1.807, 2.05) is 30.3 Å². The summed E-state index contributed by atoms with van der Waals surface area (Å²) in [6.45, 7) is 3.84. The Kier molecular flexibility index (Phi) is 11.6. The van der Waals surface area contributed by atoms with Crippen molar-refractivity contribution in [1.29, 1.82) is 0 Å². The van der Waals surface area contributed by atoms with Crippen LogP contribution in [-0.4, -0.2) is 90.9 Å². The minimum Gasteiger partial charge on any atom is -0.394 e. The van der Waals surface area contributed by atoms with Crippen LogP contribution in [0.4, 0.5) is 0 Å². The number of aliphatic hydroxyl groups excluding tert-OH is 1. The van der Waals surface area contributed by atoms with Crippen LogP contribution in [0.1, 0.15) is 52.5 Å². The van der Waals surface area contributed by atoms with Gasteiger partial charge in [-0.15, -0.1) is 0 Å². The number of benzene rings is 2. The lowest BCUT2D eigenvalue weighted by Gasteiger charge is -2.39. The summed E-state index contributed by atoms with van der Waals surface area (Å²) in [5.74, 6) is -1.25. The van der Waals surface area contributed by atoms with E-state index in [-0.39, 0.29) is 32.3 Å². The van der Waals surface area contributed by atoms with E-state index in [1.165, 1.54) is 4.90 Å². The van der Waals surface area contributed by atoms with Gasteiger partial charge in [0.2, 0.25) is 5.91 Å². The molecule has 210 valence electrons. The van der Waals surface area contributed by atoms with E-state index in [2.05, 4.69) is 10.5 Å². The van der Waals surface area contributed by atoms with Crippen molar-refractivity contribution in [3.8, 4) is 0 Å². The van der Waals surface area contributed by atoms with Crippen molar-refractivity contribution in [2.75, 3.05) is 46.5 Å². The highest BCUT2D eigenvalue weighted by molar-refractivity contribution is 6.23. The highest BCUT2D eigenvalue weighted by Crippen LogP contribution is 2.33. The maximum atomic E-state index is 13.7. The van der Waals surface area contributed by atoms with Crippen LogP contribution in [0.5, 0.6) is 0 Å². The summed E-state index contributed by atoms with van der Waals surface area (Å²) in [6, 6.07) is 16.4. The molecule has 0 spiro atoms. The summed E-state index contributed by atoms with van der Waals surface area (Å²) in [4.78, 5) is 48.1. The number of likely N-dealkylation sites (N-methyl/N-ethyl adjacent to an activating group) is 1. The zero-order valence-electron chi connectivity index (χ0n) is 22.7. The summed E-state index contributed by atoms with van der Waals surface area (Å²) >= 11 is 0. The minimum atomic E-state index is -1.36. The van der Waals surface area contributed by atoms with Gasteiger partial charge in [0, 0.05) is 20.1 Å². The Morgan fingerprint density at radius 2 is 1.72 bits per heavy atom. The number of hydrogen-bond donors (Lipinski definition) is 2. The molecular formula is C29H38N4O6. The molecule has 1 unspecified atom stereocenters. The van der Waals surface area contributed by atoms with Gasteiger partial charge < -0.3 is 24.9 Å². The Hall–Kier alpha value is -3.60. The minimum absolute atomic E-state index is 0.106. The predicted molar refractivity (Wildman–Crippen MR) is 147 cm³/mol. The van der Waals surface area contributed by atoms with Crippen LogP contribution in [0, 0.1) is 0 Å². The second-order valence-corrected chi connectivity index (χ2v) is 9.54. The van der Waals surface area contributed by atoms with Crippen LogP contribution < -0.4 is 5.32 Å². The van der Waals surface area contributed by atoms with Gasteiger partial charge in [-0.25, -0.2) is 0 Å². The molecule has 39 heavy (non-hydrogen) atoms. The Labute approximate surface area is 229 Å². The van der Waals surface area contributed by atoms with Crippen molar-refractivity contribution in [3.63, 3.8) is 0 Å². The quantitative estimate of drug-likeness (QED) is 0.137. The fourth-order valence-electron chi connectivity index (χ4n) is 4.49. The third kappa shape index (κ3) is 7.95. The van der Waals surface area contributed by atoms with Crippen molar-refractivity contribution in [3.05, 3.63) is 71.3 Å². The van der Waals surface area contributed by atoms with Gasteiger partial charge in [0.1, 0.15) is 12.1 Å². The first-order chi connectivity index (χ1) is 18.9. The smallest absolute Gasteiger partial charge is 0.262 e. The van der Waals surface area contributed by atoms with Gasteiger partial charge >= 0.3 is 0 Å². The number of nitrogens with zero attached hydrogens (tertiary/aromatic N) is 3. The molecule has 3 rings (SSSR count). The lowest BCUT2D eigenvalue weighted by atomic mass is 9.90. The van der Waals surface area contributed by atoms with Crippen molar-refractivity contribution in [2.45, 2.75) is 38.3 Å². The summed E-state index contributed by atoms with van der Waals surface area (Å²) < 4.78 is 5.30. The van der Waals surface area contributed by atoms with Crippen LogP contribution >= 0.6 is 0 Å². The van der Waals surface area contributed by atoms with Gasteiger partial charge in [-0.2, -0.15) is 0 Å². The highest BCUT2D eigenvalue weighted by atomic mass is 16.6. The van der Waals surface area contributed by atoms with Crippen LogP contribution in [0.15, 0.2) is 59.8 Å². The fraction of sp³-hybridized carbons (Fsp3) is 0.448. The summed E-state index contributed by atoms with van der Waals surface area (Å²) in [7, 11) is 1.63. The maximum absolute atomic E-state index is 13.7. The molecule has 0 saturated carbocycles. The van der Waals surface area contributed by atoms with E-state index in [1.54, 1.807) is 44.5 Å². The van der Waals surface area contributed by atoms with Gasteiger partial charge in [-0.1, -0.05) is 47.6 Å². The zero-order valence-corrected chi connectivity index (χ0v) is 22.7. The molecule has 0 aliphatic carbocycles. The maximum Gasteiger partial charge on any atom is 0.262 e. The van der Waals surface area contributed by atoms with Gasteiger partial charge in [0.05, 0.1) is 37.2 Å². The van der Waals surface area contributed by atoms with E-state index in [9.17, 15) is 14.4 Å². The molecule has 1 aliphatic heterocycles. The first-order valence-corrected chi connectivity index (χ1v) is 13.2. The number of unbranched alkanes of at least 4 members (excludes halogenated alkanes) is 1. The van der Waals surface area contributed by atoms with Gasteiger partial charge in [-0.3, -0.25) is 19.3 Å². The van der Waals surface area contributed by atoms with Crippen LogP contribution in [0.2, 0.25) is 0 Å². The van der Waals surface area contributed by atoms with Gasteiger partial charge in [-0.05, 0) is 50.4 Å². The predicted octanol–water partition coefficient (Wildman–Crippen LogP) is 2.47. The molecule has 0 aromatic heterocycles. The molecule has 2 aromatic carbocycles. The first kappa shape index (κ1) is 29.9. The van der Waals surface area contributed by atoms with E-state index in [0.29, 0.717) is 43.7 Å². The number of nitrogens with one attached hydrogen (secondary N) is 1. The number of aliphatic hydroxyl groups is 1. The number of rotatable bonds is 17. The Bertz CT molecular complexity index is 1090. The number of amides is 3. The summed E-state index contributed by atoms with van der Waals surface area (Å²) in [5.41, 5.74) is 0.310. The highest BCUT2D eigenvalue weighted by Gasteiger charge is 2.51. The number of imide groups is 1. The molecule has 1 heterocycles. The molecular weight excluding hydrogens is 500 g/mol. The molecule has 0 saturated heterocycles. The Morgan fingerprint density at radius 3 is 2.38 bits per heavy atom. The van der Waals surface area contributed by atoms with Gasteiger partial charge in [0.15, 0.2) is 0 Å². The SMILES string of the molecule is CN(CCOCCO)C(=O)C(C)(CCCCNCC=NOCc1ccccc1)N1C(=O)c2ccccc2C1=O. The molecule has 0 bridgehead atoms. The second-order valence-electron chi connectivity index (χ2n) is 9.54. The average Bonchev–Trinajstić information content (AvgIpc) is 3.22. The molecule has 3 amide bonds. The third-order valence-corrected chi connectivity index (χ3v) is 6.63. The third-order valence-electron chi connectivity index (χ3n) is 6.63. The number of fused-ring (bicyclic) bond motifs is 1. The van der Waals surface area contributed by atoms with E-state index < -0.39 is 17.4 Å². The lowest BCUT2D eigenvalue weighted by Crippen LogP contribution is -2.59. The van der Waals surface area contributed by atoms with Crippen LogP contribution in [0.3, 0.4) is 0 Å². The van der Waals surface area contributed by atoms with Crippen LogP contribution in [0.25, 0.3) is 0 Å². The molecule has 2 aromatic rings. The molecule has 10 heteroatoms. The standard InChI is InChI=1S/C29H38N4O6/c1-29(28(37)32(2)18-20-38-21-19-34,33-26(35)24-12-6-7-13-25(24)27(33)36)14-8-9-15-30-16-17-31-39-22-23-10-4-3-5-11-23/h3-7,10-13,17,30,34H,8-9,14-16,18-22H2,1-2H3.